The lowest BCUT2D eigenvalue weighted by atomic mass is 9.98. The zero-order valence-electron chi connectivity index (χ0n) is 10.1. The Bertz CT molecular complexity index is 532. The molecule has 2 unspecified atom stereocenters. The smallest absolute Gasteiger partial charge is 0.0486 e. The van der Waals surface area contributed by atoms with Crippen molar-refractivity contribution in [3.8, 4) is 0 Å². The topological polar surface area (TPSA) is 26.0 Å². The second-order valence-electron chi connectivity index (χ2n) is 5.08. The minimum Gasteiger partial charge on any atom is -0.321 e. The third-order valence-electron chi connectivity index (χ3n) is 3.76. The molecule has 2 N–H and O–H groups in total. The zero-order valence-corrected chi connectivity index (χ0v) is 10.1. The van der Waals surface area contributed by atoms with Crippen LogP contribution in [0.3, 0.4) is 0 Å². The third-order valence-corrected chi connectivity index (χ3v) is 3.76. The lowest BCUT2D eigenvalue weighted by Gasteiger charge is -2.13. The maximum atomic E-state index is 6.51. The standard InChI is InChI=1S/C16H17N/c1-12-6-5-9-14(10-12)16(17)11-15(16)13-7-3-2-4-8-13/h2-10,15H,11,17H2,1H3. The Labute approximate surface area is 102 Å². The van der Waals surface area contributed by atoms with Crippen LogP contribution >= 0.6 is 0 Å². The van der Waals surface area contributed by atoms with E-state index in [1.165, 1.54) is 16.7 Å². The van der Waals surface area contributed by atoms with Gasteiger partial charge in [0.1, 0.15) is 0 Å². The number of hydrogen-bond acceptors (Lipinski definition) is 1. The van der Waals surface area contributed by atoms with Crippen LogP contribution in [0.2, 0.25) is 0 Å². The van der Waals surface area contributed by atoms with E-state index in [0.717, 1.165) is 6.42 Å². The SMILES string of the molecule is Cc1cccc(C2(N)CC2c2ccccc2)c1. The van der Waals surface area contributed by atoms with E-state index in [4.69, 9.17) is 5.73 Å². The molecule has 2 aromatic rings. The summed E-state index contributed by atoms with van der Waals surface area (Å²) in [5, 5.41) is 0. The van der Waals surface area contributed by atoms with Gasteiger partial charge in [-0.2, -0.15) is 0 Å². The van der Waals surface area contributed by atoms with E-state index < -0.39 is 0 Å². The van der Waals surface area contributed by atoms with Crippen LogP contribution in [0, 0.1) is 6.92 Å². The fourth-order valence-electron chi connectivity index (χ4n) is 2.63. The maximum Gasteiger partial charge on any atom is 0.0486 e. The molecular formula is C16H17N. The van der Waals surface area contributed by atoms with Gasteiger partial charge >= 0.3 is 0 Å². The summed E-state index contributed by atoms with van der Waals surface area (Å²) in [5.41, 5.74) is 10.3. The molecule has 0 aliphatic heterocycles. The minimum atomic E-state index is -0.145. The van der Waals surface area contributed by atoms with E-state index in [9.17, 15) is 0 Å². The first-order chi connectivity index (χ1) is 8.20. The van der Waals surface area contributed by atoms with Crippen LogP contribution in [0.25, 0.3) is 0 Å². The molecule has 0 radical (unpaired) electrons. The third kappa shape index (κ3) is 1.77. The summed E-state index contributed by atoms with van der Waals surface area (Å²) in [6.45, 7) is 2.12. The molecule has 0 aromatic heterocycles. The molecule has 2 atom stereocenters. The highest BCUT2D eigenvalue weighted by atomic mass is 14.9. The first-order valence-electron chi connectivity index (χ1n) is 6.11. The first kappa shape index (κ1) is 10.5. The summed E-state index contributed by atoms with van der Waals surface area (Å²) >= 11 is 0. The predicted octanol–water partition coefficient (Wildman–Crippen LogP) is 3.34. The number of rotatable bonds is 2. The second kappa shape index (κ2) is 3.71. The summed E-state index contributed by atoms with van der Waals surface area (Å²) in [6.07, 6.45) is 1.06. The van der Waals surface area contributed by atoms with Crippen LogP contribution in [-0.4, -0.2) is 0 Å². The molecule has 3 rings (SSSR count). The normalized spacial score (nSPS) is 26.8. The van der Waals surface area contributed by atoms with Gasteiger partial charge in [-0.3, -0.25) is 0 Å². The van der Waals surface area contributed by atoms with Crippen molar-refractivity contribution < 1.29 is 0 Å². The van der Waals surface area contributed by atoms with Gasteiger partial charge in [0.05, 0.1) is 0 Å². The van der Waals surface area contributed by atoms with Gasteiger partial charge in [0.2, 0.25) is 0 Å². The fraction of sp³-hybridized carbons (Fsp3) is 0.250. The van der Waals surface area contributed by atoms with Crippen LogP contribution in [0.5, 0.6) is 0 Å². The first-order valence-corrected chi connectivity index (χ1v) is 6.11. The number of hydrogen-bond donors (Lipinski definition) is 1. The summed E-state index contributed by atoms with van der Waals surface area (Å²) in [7, 11) is 0. The lowest BCUT2D eigenvalue weighted by Crippen LogP contribution is -2.21. The van der Waals surface area contributed by atoms with Crippen molar-refractivity contribution in [2.24, 2.45) is 5.73 Å². The van der Waals surface area contributed by atoms with Crippen molar-refractivity contribution in [1.82, 2.24) is 0 Å². The highest BCUT2D eigenvalue weighted by Gasteiger charge is 2.52. The van der Waals surface area contributed by atoms with Gasteiger partial charge < -0.3 is 5.73 Å². The van der Waals surface area contributed by atoms with Gasteiger partial charge in [0.25, 0.3) is 0 Å². The molecule has 0 heterocycles. The highest BCUT2D eigenvalue weighted by Crippen LogP contribution is 2.56. The summed E-state index contributed by atoms with van der Waals surface area (Å²) in [4.78, 5) is 0. The van der Waals surface area contributed by atoms with E-state index in [1.807, 2.05) is 0 Å². The van der Waals surface area contributed by atoms with Gasteiger partial charge in [-0.15, -0.1) is 0 Å². The molecule has 1 aliphatic carbocycles. The van der Waals surface area contributed by atoms with Gasteiger partial charge in [0, 0.05) is 11.5 Å². The Kier molecular flexibility index (Phi) is 2.30. The lowest BCUT2D eigenvalue weighted by molar-refractivity contribution is 0.705. The molecule has 0 saturated heterocycles. The Morgan fingerprint density at radius 3 is 2.53 bits per heavy atom. The summed E-state index contributed by atoms with van der Waals surface area (Å²) in [6, 6.07) is 19.2. The average Bonchev–Trinajstić information content (AvgIpc) is 3.05. The fourth-order valence-corrected chi connectivity index (χ4v) is 2.63. The van der Waals surface area contributed by atoms with Gasteiger partial charge in [0.15, 0.2) is 0 Å². The molecule has 1 heteroatoms. The van der Waals surface area contributed by atoms with Gasteiger partial charge in [-0.1, -0.05) is 60.2 Å². The van der Waals surface area contributed by atoms with E-state index in [-0.39, 0.29) is 5.54 Å². The Morgan fingerprint density at radius 1 is 1.06 bits per heavy atom. The maximum absolute atomic E-state index is 6.51. The van der Waals surface area contributed by atoms with Crippen LogP contribution < -0.4 is 5.73 Å². The highest BCUT2D eigenvalue weighted by molar-refractivity contribution is 5.42. The van der Waals surface area contributed by atoms with Crippen molar-refractivity contribution in [2.45, 2.75) is 24.8 Å². The summed E-state index contributed by atoms with van der Waals surface area (Å²) < 4.78 is 0. The van der Waals surface area contributed by atoms with Crippen molar-refractivity contribution in [2.75, 3.05) is 0 Å². The van der Waals surface area contributed by atoms with Crippen LogP contribution in [0.1, 0.15) is 29.0 Å². The number of aryl methyl sites for hydroxylation is 1. The Morgan fingerprint density at radius 2 is 1.82 bits per heavy atom. The van der Waals surface area contributed by atoms with Gasteiger partial charge in [-0.25, -0.2) is 0 Å². The largest absolute Gasteiger partial charge is 0.321 e. The molecule has 1 saturated carbocycles. The van der Waals surface area contributed by atoms with Crippen molar-refractivity contribution in [3.05, 3.63) is 71.3 Å². The molecular weight excluding hydrogens is 206 g/mol. The molecule has 0 spiro atoms. The monoisotopic (exact) mass is 223 g/mol. The van der Waals surface area contributed by atoms with E-state index in [2.05, 4.69) is 61.5 Å². The molecule has 0 amide bonds. The molecule has 17 heavy (non-hydrogen) atoms. The summed E-state index contributed by atoms with van der Waals surface area (Å²) in [5.74, 6) is 0.477. The van der Waals surface area contributed by atoms with E-state index in [1.54, 1.807) is 0 Å². The molecule has 1 fully saturated rings. The van der Waals surface area contributed by atoms with Crippen molar-refractivity contribution in [1.29, 1.82) is 0 Å². The van der Waals surface area contributed by atoms with Gasteiger partial charge in [-0.05, 0) is 24.5 Å². The van der Waals surface area contributed by atoms with Crippen molar-refractivity contribution in [3.63, 3.8) is 0 Å². The van der Waals surface area contributed by atoms with Crippen LogP contribution in [-0.2, 0) is 5.54 Å². The quantitative estimate of drug-likeness (QED) is 0.830. The van der Waals surface area contributed by atoms with Crippen LogP contribution in [0.15, 0.2) is 54.6 Å². The number of nitrogens with two attached hydrogens (primary N) is 1. The molecule has 86 valence electrons. The molecule has 2 aromatic carbocycles. The van der Waals surface area contributed by atoms with Crippen molar-refractivity contribution >= 4 is 0 Å². The zero-order chi connectivity index (χ0) is 11.9. The second-order valence-corrected chi connectivity index (χ2v) is 5.08. The van der Waals surface area contributed by atoms with E-state index in [0.29, 0.717) is 5.92 Å². The molecule has 0 bridgehead atoms. The Balaban J connectivity index is 1.92. The molecule has 1 aliphatic rings. The minimum absolute atomic E-state index is 0.145. The number of benzene rings is 2. The molecule has 1 nitrogen and oxygen atoms in total. The van der Waals surface area contributed by atoms with E-state index >= 15 is 0 Å². The Hall–Kier alpha value is -1.60. The predicted molar refractivity (Wildman–Crippen MR) is 70.8 cm³/mol. The average molecular weight is 223 g/mol. The van der Waals surface area contributed by atoms with Crippen LogP contribution in [0.4, 0.5) is 0 Å².